The Labute approximate surface area is 94.1 Å². The number of halogens is 1. The molecule has 1 aromatic heterocycles. The summed E-state index contributed by atoms with van der Waals surface area (Å²) in [6.07, 6.45) is 8.50. The van der Waals surface area contributed by atoms with E-state index >= 15 is 0 Å². The maximum Gasteiger partial charge on any atom is 0.0564 e. The smallest absolute Gasteiger partial charge is 0.0564 e. The van der Waals surface area contributed by atoms with Crippen molar-refractivity contribution >= 4 is 21.5 Å². The molecule has 0 aromatic carbocycles. The molecule has 14 heavy (non-hydrogen) atoms. The van der Waals surface area contributed by atoms with Crippen LogP contribution in [0, 0.1) is 0 Å². The van der Waals surface area contributed by atoms with Gasteiger partial charge in [0.15, 0.2) is 0 Å². The zero-order valence-electron chi connectivity index (χ0n) is 8.83. The van der Waals surface area contributed by atoms with Gasteiger partial charge in [0.2, 0.25) is 0 Å². The van der Waals surface area contributed by atoms with Crippen LogP contribution in [0.2, 0.25) is 0 Å². The lowest BCUT2D eigenvalue weighted by atomic mass is 10.1. The average molecular weight is 257 g/mol. The number of aryl methyl sites for hydroxylation is 1. The van der Waals surface area contributed by atoms with Crippen molar-refractivity contribution in [2.75, 3.05) is 5.33 Å². The molecule has 0 aliphatic carbocycles. The van der Waals surface area contributed by atoms with Crippen LogP contribution in [0.15, 0.2) is 18.5 Å². The topological polar surface area (TPSA) is 17.8 Å². The highest BCUT2D eigenvalue weighted by molar-refractivity contribution is 9.09. The van der Waals surface area contributed by atoms with Crippen LogP contribution in [0.4, 0.5) is 0 Å². The molecule has 0 saturated heterocycles. The van der Waals surface area contributed by atoms with Gasteiger partial charge in [-0.05, 0) is 25.3 Å². The molecule has 0 fully saturated rings. The molecule has 0 amide bonds. The minimum Gasteiger partial charge on any atom is -0.272 e. The van der Waals surface area contributed by atoms with Gasteiger partial charge >= 0.3 is 0 Å². The first-order valence-electron chi connectivity index (χ1n) is 5.03. The molecule has 0 radical (unpaired) electrons. The van der Waals surface area contributed by atoms with Crippen molar-refractivity contribution in [1.29, 1.82) is 0 Å². The maximum atomic E-state index is 4.30. The van der Waals surface area contributed by atoms with Crippen LogP contribution in [0.1, 0.15) is 32.3 Å². The molecule has 0 spiro atoms. The van der Waals surface area contributed by atoms with Crippen LogP contribution in [0.25, 0.3) is 5.57 Å². The van der Waals surface area contributed by atoms with E-state index in [0.29, 0.717) is 0 Å². The van der Waals surface area contributed by atoms with Gasteiger partial charge in [0.1, 0.15) is 0 Å². The van der Waals surface area contributed by atoms with Crippen LogP contribution in [-0.2, 0) is 6.54 Å². The average Bonchev–Trinajstić information content (AvgIpc) is 2.63. The van der Waals surface area contributed by atoms with Crippen LogP contribution in [0.5, 0.6) is 0 Å². The van der Waals surface area contributed by atoms with Gasteiger partial charge in [-0.1, -0.05) is 28.9 Å². The summed E-state index contributed by atoms with van der Waals surface area (Å²) in [5, 5.41) is 5.32. The van der Waals surface area contributed by atoms with Gasteiger partial charge in [-0.2, -0.15) is 5.10 Å². The zero-order chi connectivity index (χ0) is 10.4. The summed E-state index contributed by atoms with van der Waals surface area (Å²) in [7, 11) is 0. The molecule has 0 saturated carbocycles. The van der Waals surface area contributed by atoms with Gasteiger partial charge < -0.3 is 0 Å². The third-order valence-electron chi connectivity index (χ3n) is 2.10. The molecule has 0 bridgehead atoms. The fourth-order valence-electron chi connectivity index (χ4n) is 1.31. The summed E-state index contributed by atoms with van der Waals surface area (Å²) in [6.45, 7) is 5.30. The third-order valence-corrected chi connectivity index (χ3v) is 2.56. The lowest BCUT2D eigenvalue weighted by Crippen LogP contribution is -1.95. The molecule has 78 valence electrons. The number of rotatable bonds is 5. The van der Waals surface area contributed by atoms with Crippen molar-refractivity contribution < 1.29 is 0 Å². The van der Waals surface area contributed by atoms with E-state index < -0.39 is 0 Å². The summed E-state index contributed by atoms with van der Waals surface area (Å²) < 4.78 is 2.00. The highest BCUT2D eigenvalue weighted by Crippen LogP contribution is 2.13. The molecule has 0 N–H and O–H groups in total. The Morgan fingerprint density at radius 2 is 2.43 bits per heavy atom. The molecule has 1 heterocycles. The predicted octanol–water partition coefficient (Wildman–Crippen LogP) is 3.48. The standard InChI is InChI=1S/C11H17BrN2/c1-3-7-14-9-11(8-13-14)10(2)5-4-6-12/h5,8-9H,3-4,6-7H2,1-2H3. The highest BCUT2D eigenvalue weighted by atomic mass is 79.9. The van der Waals surface area contributed by atoms with E-state index in [2.05, 4.69) is 47.1 Å². The summed E-state index contributed by atoms with van der Waals surface area (Å²) >= 11 is 3.42. The fourth-order valence-corrected chi connectivity index (χ4v) is 1.54. The Bertz CT molecular complexity index is 302. The van der Waals surface area contributed by atoms with E-state index in [-0.39, 0.29) is 0 Å². The van der Waals surface area contributed by atoms with E-state index in [1.165, 1.54) is 11.1 Å². The summed E-state index contributed by atoms with van der Waals surface area (Å²) in [5.74, 6) is 0. The van der Waals surface area contributed by atoms with Crippen molar-refractivity contribution in [2.45, 2.75) is 33.2 Å². The molecule has 2 nitrogen and oxygen atoms in total. The van der Waals surface area contributed by atoms with E-state index in [1.807, 2.05) is 10.9 Å². The van der Waals surface area contributed by atoms with Crippen molar-refractivity contribution in [1.82, 2.24) is 9.78 Å². The number of alkyl halides is 1. The van der Waals surface area contributed by atoms with Gasteiger partial charge in [0.25, 0.3) is 0 Å². The highest BCUT2D eigenvalue weighted by Gasteiger charge is 1.98. The second-order valence-electron chi connectivity index (χ2n) is 3.36. The van der Waals surface area contributed by atoms with Crippen molar-refractivity contribution in [3.8, 4) is 0 Å². The van der Waals surface area contributed by atoms with E-state index in [9.17, 15) is 0 Å². The Morgan fingerprint density at radius 3 is 3.07 bits per heavy atom. The van der Waals surface area contributed by atoms with Crippen LogP contribution < -0.4 is 0 Å². The number of aromatic nitrogens is 2. The van der Waals surface area contributed by atoms with Crippen LogP contribution in [0.3, 0.4) is 0 Å². The molecule has 1 aromatic rings. The number of hydrogen-bond acceptors (Lipinski definition) is 1. The van der Waals surface area contributed by atoms with Gasteiger partial charge in [-0.15, -0.1) is 0 Å². The number of hydrogen-bond donors (Lipinski definition) is 0. The predicted molar refractivity (Wildman–Crippen MR) is 64.6 cm³/mol. The van der Waals surface area contributed by atoms with Crippen molar-refractivity contribution in [3.63, 3.8) is 0 Å². The molecule has 0 atom stereocenters. The molecular weight excluding hydrogens is 240 g/mol. The van der Waals surface area contributed by atoms with Gasteiger partial charge in [-0.25, -0.2) is 0 Å². The van der Waals surface area contributed by atoms with E-state index in [4.69, 9.17) is 0 Å². The Hall–Kier alpha value is -0.570. The molecular formula is C11H17BrN2. The van der Waals surface area contributed by atoms with Gasteiger partial charge in [0.05, 0.1) is 6.20 Å². The van der Waals surface area contributed by atoms with Gasteiger partial charge in [0, 0.05) is 23.6 Å². The first-order valence-corrected chi connectivity index (χ1v) is 6.15. The second-order valence-corrected chi connectivity index (χ2v) is 4.15. The van der Waals surface area contributed by atoms with Crippen LogP contribution >= 0.6 is 15.9 Å². The summed E-state index contributed by atoms with van der Waals surface area (Å²) in [6, 6.07) is 0. The Balaban J connectivity index is 2.65. The molecule has 0 unspecified atom stereocenters. The lowest BCUT2D eigenvalue weighted by Gasteiger charge is -1.96. The Kier molecular flexibility index (Phi) is 4.94. The first-order chi connectivity index (χ1) is 6.77. The van der Waals surface area contributed by atoms with Gasteiger partial charge in [-0.3, -0.25) is 4.68 Å². The van der Waals surface area contributed by atoms with Crippen LogP contribution in [-0.4, -0.2) is 15.1 Å². The number of nitrogens with zero attached hydrogens (tertiary/aromatic N) is 2. The summed E-state index contributed by atoms with van der Waals surface area (Å²) in [5.41, 5.74) is 2.55. The molecule has 0 aliphatic rings. The summed E-state index contributed by atoms with van der Waals surface area (Å²) in [4.78, 5) is 0. The monoisotopic (exact) mass is 256 g/mol. The largest absolute Gasteiger partial charge is 0.272 e. The molecule has 3 heteroatoms. The minimum absolute atomic E-state index is 1.01. The second kappa shape index (κ2) is 6.02. The maximum absolute atomic E-state index is 4.30. The normalized spacial score (nSPS) is 12.1. The Morgan fingerprint density at radius 1 is 1.64 bits per heavy atom. The molecule has 1 rings (SSSR count). The molecule has 0 aliphatic heterocycles. The minimum atomic E-state index is 1.01. The first kappa shape index (κ1) is 11.5. The third kappa shape index (κ3) is 3.29. The fraction of sp³-hybridized carbons (Fsp3) is 0.545. The number of allylic oxidation sites excluding steroid dienone is 2. The van der Waals surface area contributed by atoms with E-state index in [1.54, 1.807) is 0 Å². The zero-order valence-corrected chi connectivity index (χ0v) is 10.4. The lowest BCUT2D eigenvalue weighted by molar-refractivity contribution is 0.602. The van der Waals surface area contributed by atoms with Crippen molar-refractivity contribution in [3.05, 3.63) is 24.0 Å². The quantitative estimate of drug-likeness (QED) is 0.738. The van der Waals surface area contributed by atoms with Crippen molar-refractivity contribution in [2.24, 2.45) is 0 Å². The van der Waals surface area contributed by atoms with E-state index in [0.717, 1.165) is 24.7 Å². The SMILES string of the molecule is CCCn1cc(C(C)=CCCBr)cn1.